The zero-order chi connectivity index (χ0) is 15.8. The number of hydrogen-bond donors (Lipinski definition) is 2. The number of anilines is 1. The lowest BCUT2D eigenvalue weighted by atomic mass is 10.3. The van der Waals surface area contributed by atoms with Gasteiger partial charge >= 0.3 is 0 Å². The maximum absolute atomic E-state index is 5.85. The molecule has 0 saturated heterocycles. The highest BCUT2D eigenvalue weighted by Crippen LogP contribution is 2.22. The summed E-state index contributed by atoms with van der Waals surface area (Å²) in [5.74, 6) is 1.84. The number of hydrogen-bond acceptors (Lipinski definition) is 3. The number of nitrogens with one attached hydrogen (secondary N) is 1. The molecule has 0 fully saturated rings. The molecule has 3 N–H and O–H groups in total. The van der Waals surface area contributed by atoms with Gasteiger partial charge in [0.1, 0.15) is 18.1 Å². The van der Waals surface area contributed by atoms with Crippen LogP contribution < -0.4 is 20.5 Å². The molecule has 2 aromatic rings. The van der Waals surface area contributed by atoms with Crippen molar-refractivity contribution in [2.24, 2.45) is 10.7 Å². The van der Waals surface area contributed by atoms with Gasteiger partial charge in [-0.3, -0.25) is 0 Å². The van der Waals surface area contributed by atoms with E-state index in [0.717, 1.165) is 15.9 Å². The van der Waals surface area contributed by atoms with Crippen LogP contribution in [0.5, 0.6) is 11.5 Å². The van der Waals surface area contributed by atoms with E-state index in [9.17, 15) is 0 Å². The number of guanidine groups is 1. The molecule has 0 heterocycles. The Hall–Kier alpha value is -1.48. The van der Waals surface area contributed by atoms with Crippen LogP contribution in [-0.4, -0.2) is 26.2 Å². The lowest BCUT2D eigenvalue weighted by molar-refractivity contribution is 0.328. The highest BCUT2D eigenvalue weighted by molar-refractivity contribution is 14.0. The maximum Gasteiger partial charge on any atom is 0.193 e. The molecule has 0 atom stereocenters. The Kier molecular flexibility index (Phi) is 8.78. The predicted octanol–water partition coefficient (Wildman–Crippen LogP) is 3.88. The first-order valence-corrected chi connectivity index (χ1v) is 7.56. The van der Waals surface area contributed by atoms with Gasteiger partial charge in [0.2, 0.25) is 0 Å². The minimum Gasteiger partial charge on any atom is -0.495 e. The van der Waals surface area contributed by atoms with Crippen LogP contribution in [0.25, 0.3) is 0 Å². The molecule has 0 unspecified atom stereocenters. The van der Waals surface area contributed by atoms with Gasteiger partial charge in [-0.25, -0.2) is 4.99 Å². The van der Waals surface area contributed by atoms with Crippen molar-refractivity contribution >= 4 is 51.6 Å². The first kappa shape index (κ1) is 19.6. The van der Waals surface area contributed by atoms with E-state index < -0.39 is 0 Å². The van der Waals surface area contributed by atoms with Crippen LogP contribution in [0.2, 0.25) is 0 Å². The molecule has 0 spiro atoms. The van der Waals surface area contributed by atoms with Crippen molar-refractivity contribution in [3.63, 3.8) is 0 Å². The van der Waals surface area contributed by atoms with E-state index in [0.29, 0.717) is 24.9 Å². The third-order valence-electron chi connectivity index (χ3n) is 2.83. The minimum atomic E-state index is 0. The van der Waals surface area contributed by atoms with Crippen molar-refractivity contribution in [2.45, 2.75) is 0 Å². The molecule has 0 aliphatic heterocycles. The molecule has 2 aromatic carbocycles. The smallest absolute Gasteiger partial charge is 0.193 e. The van der Waals surface area contributed by atoms with Gasteiger partial charge in [-0.15, -0.1) is 24.0 Å². The van der Waals surface area contributed by atoms with Crippen LogP contribution in [0.15, 0.2) is 58.0 Å². The molecule has 0 bridgehead atoms. The second-order valence-electron chi connectivity index (χ2n) is 4.39. The van der Waals surface area contributed by atoms with Gasteiger partial charge in [0.25, 0.3) is 0 Å². The average Bonchev–Trinajstić information content (AvgIpc) is 2.54. The number of halogens is 2. The second-order valence-corrected chi connectivity index (χ2v) is 5.31. The first-order chi connectivity index (χ1) is 10.7. The summed E-state index contributed by atoms with van der Waals surface area (Å²) in [5.41, 5.74) is 6.63. The standard InChI is InChI=1S/C16H18BrN3O2.HI/c1-21-15-5-3-2-4-14(15)20-16(18)19-10-11-22-13-8-6-12(17)7-9-13;/h2-9H,10-11H2,1H3,(H3,18,19,20);1H. The number of benzene rings is 2. The number of ether oxygens (including phenoxy) is 2. The molecular weight excluding hydrogens is 473 g/mol. The first-order valence-electron chi connectivity index (χ1n) is 6.77. The molecule has 0 saturated carbocycles. The van der Waals surface area contributed by atoms with Crippen molar-refractivity contribution in [3.8, 4) is 11.5 Å². The van der Waals surface area contributed by atoms with Crippen molar-refractivity contribution in [3.05, 3.63) is 53.0 Å². The molecule has 2 rings (SSSR count). The molecule has 0 amide bonds. The number of nitrogens with two attached hydrogens (primary N) is 1. The normalized spacial score (nSPS) is 10.6. The Bertz CT molecular complexity index is 635. The Morgan fingerprint density at radius 1 is 1.17 bits per heavy atom. The fourth-order valence-corrected chi connectivity index (χ4v) is 2.05. The van der Waals surface area contributed by atoms with E-state index in [4.69, 9.17) is 15.2 Å². The number of nitrogens with zero attached hydrogens (tertiary/aromatic N) is 1. The fraction of sp³-hybridized carbons (Fsp3) is 0.188. The van der Waals surface area contributed by atoms with Gasteiger partial charge in [-0.2, -0.15) is 0 Å². The lowest BCUT2D eigenvalue weighted by Gasteiger charge is -2.10. The van der Waals surface area contributed by atoms with Gasteiger partial charge in [-0.05, 0) is 36.4 Å². The van der Waals surface area contributed by atoms with E-state index >= 15 is 0 Å². The van der Waals surface area contributed by atoms with Crippen LogP contribution in [0.4, 0.5) is 5.69 Å². The number of rotatable bonds is 6. The zero-order valence-electron chi connectivity index (χ0n) is 12.7. The summed E-state index contributed by atoms with van der Waals surface area (Å²) in [6, 6.07) is 15.2. The van der Waals surface area contributed by atoms with Crippen LogP contribution in [0.1, 0.15) is 0 Å². The maximum atomic E-state index is 5.85. The SMILES string of the molecule is COc1ccccc1NC(N)=NCCOc1ccc(Br)cc1.I. The zero-order valence-corrected chi connectivity index (χ0v) is 16.6. The van der Waals surface area contributed by atoms with Gasteiger partial charge in [0.15, 0.2) is 5.96 Å². The van der Waals surface area contributed by atoms with Gasteiger partial charge < -0.3 is 20.5 Å². The fourth-order valence-electron chi connectivity index (χ4n) is 1.79. The molecule has 0 aliphatic carbocycles. The third-order valence-corrected chi connectivity index (χ3v) is 3.35. The van der Waals surface area contributed by atoms with Crippen LogP contribution in [-0.2, 0) is 0 Å². The van der Waals surface area contributed by atoms with Crippen molar-refractivity contribution in [1.29, 1.82) is 0 Å². The topological polar surface area (TPSA) is 68.9 Å². The molecule has 7 heteroatoms. The number of methoxy groups -OCH3 is 1. The van der Waals surface area contributed by atoms with E-state index in [-0.39, 0.29) is 24.0 Å². The van der Waals surface area contributed by atoms with Crippen molar-refractivity contribution in [2.75, 3.05) is 25.6 Å². The molecule has 0 radical (unpaired) electrons. The molecular formula is C16H19BrIN3O2. The summed E-state index contributed by atoms with van der Waals surface area (Å²) in [5, 5.41) is 3.01. The van der Waals surface area contributed by atoms with E-state index in [1.165, 1.54) is 0 Å². The molecule has 5 nitrogen and oxygen atoms in total. The van der Waals surface area contributed by atoms with Gasteiger partial charge in [-0.1, -0.05) is 28.1 Å². The van der Waals surface area contributed by atoms with E-state index in [2.05, 4.69) is 26.2 Å². The summed E-state index contributed by atoms with van der Waals surface area (Å²) in [4.78, 5) is 4.22. The molecule has 0 aliphatic rings. The molecule has 0 aromatic heterocycles. The van der Waals surface area contributed by atoms with Gasteiger partial charge in [0.05, 0.1) is 19.3 Å². The number of aliphatic imine (C=N–C) groups is 1. The highest BCUT2D eigenvalue weighted by Gasteiger charge is 2.02. The Balaban J connectivity index is 0.00000264. The monoisotopic (exact) mass is 491 g/mol. The number of para-hydroxylation sites is 2. The quantitative estimate of drug-likeness (QED) is 0.278. The van der Waals surface area contributed by atoms with E-state index in [1.54, 1.807) is 7.11 Å². The average molecular weight is 492 g/mol. The summed E-state index contributed by atoms with van der Waals surface area (Å²) in [7, 11) is 1.61. The van der Waals surface area contributed by atoms with Crippen LogP contribution >= 0.6 is 39.9 Å². The Morgan fingerprint density at radius 2 is 1.87 bits per heavy atom. The van der Waals surface area contributed by atoms with E-state index in [1.807, 2.05) is 48.5 Å². The highest BCUT2D eigenvalue weighted by atomic mass is 127. The van der Waals surface area contributed by atoms with Crippen LogP contribution in [0, 0.1) is 0 Å². The van der Waals surface area contributed by atoms with Crippen LogP contribution in [0.3, 0.4) is 0 Å². The molecule has 124 valence electrons. The third kappa shape index (κ3) is 6.66. The minimum absolute atomic E-state index is 0. The summed E-state index contributed by atoms with van der Waals surface area (Å²) < 4.78 is 11.8. The molecule has 23 heavy (non-hydrogen) atoms. The summed E-state index contributed by atoms with van der Waals surface area (Å²) in [6.45, 7) is 0.917. The lowest BCUT2D eigenvalue weighted by Crippen LogP contribution is -2.23. The second kappa shape index (κ2) is 10.3. The van der Waals surface area contributed by atoms with Crippen molar-refractivity contribution < 1.29 is 9.47 Å². The Labute approximate surface area is 161 Å². The van der Waals surface area contributed by atoms with Crippen molar-refractivity contribution in [1.82, 2.24) is 0 Å². The summed E-state index contributed by atoms with van der Waals surface area (Å²) in [6.07, 6.45) is 0. The summed E-state index contributed by atoms with van der Waals surface area (Å²) >= 11 is 3.38. The van der Waals surface area contributed by atoms with Gasteiger partial charge in [0, 0.05) is 4.47 Å². The Morgan fingerprint density at radius 3 is 2.57 bits per heavy atom. The predicted molar refractivity (Wildman–Crippen MR) is 108 cm³/mol. The largest absolute Gasteiger partial charge is 0.495 e.